The number of rotatable bonds is 12. The Morgan fingerprint density at radius 2 is 1.55 bits per heavy atom. The van der Waals surface area contributed by atoms with Gasteiger partial charge in [0.2, 0.25) is 0 Å². The summed E-state index contributed by atoms with van der Waals surface area (Å²) in [6.45, 7) is 12.3. The molecule has 5 rings (SSSR count). The Labute approximate surface area is 286 Å². The predicted molar refractivity (Wildman–Crippen MR) is 180 cm³/mol. The van der Waals surface area contributed by atoms with Gasteiger partial charge in [0, 0.05) is 17.7 Å². The third kappa shape index (κ3) is 8.36. The van der Waals surface area contributed by atoms with Crippen molar-refractivity contribution in [1.82, 2.24) is 0 Å². The van der Waals surface area contributed by atoms with E-state index in [1.807, 2.05) is 30.3 Å². The molecule has 3 aromatic carbocycles. The molecule has 0 unspecified atom stereocenters. The average molecular weight is 694 g/mol. The highest BCUT2D eigenvalue weighted by atomic mass is 28.4. The number of carbonyl (C=O) groups is 2. The van der Waals surface area contributed by atoms with Crippen LogP contribution in [-0.4, -0.2) is 69.1 Å². The van der Waals surface area contributed by atoms with E-state index in [-0.39, 0.29) is 29.0 Å². The summed E-state index contributed by atoms with van der Waals surface area (Å²) in [6.07, 6.45) is -6.01. The Bertz CT molecular complexity index is 1580. The molecule has 0 aromatic heterocycles. The largest absolute Gasteiger partial charge is 0.482 e. The highest BCUT2D eigenvalue weighted by Gasteiger charge is 2.57. The van der Waals surface area contributed by atoms with E-state index in [2.05, 4.69) is 40.8 Å². The molecule has 0 spiro atoms. The van der Waals surface area contributed by atoms with Gasteiger partial charge in [0.1, 0.15) is 18.0 Å². The molecule has 0 N–H and O–H groups in total. The fraction of sp³-hybridized carbons (Fsp3) is 0.444. The lowest BCUT2D eigenvalue weighted by molar-refractivity contribution is -0.384. The zero-order valence-corrected chi connectivity index (χ0v) is 29.5. The van der Waals surface area contributed by atoms with Crippen LogP contribution in [0.5, 0.6) is 5.75 Å². The van der Waals surface area contributed by atoms with Crippen LogP contribution < -0.4 is 4.74 Å². The number of nitro benzene ring substituents is 1. The lowest BCUT2D eigenvalue weighted by Gasteiger charge is -2.51. The van der Waals surface area contributed by atoms with E-state index in [0.29, 0.717) is 5.56 Å². The van der Waals surface area contributed by atoms with Gasteiger partial charge in [-0.3, -0.25) is 10.1 Å². The van der Waals surface area contributed by atoms with E-state index in [0.717, 1.165) is 5.56 Å². The molecule has 0 radical (unpaired) electrons. The Hall–Kier alpha value is -4.14. The van der Waals surface area contributed by atoms with Crippen LogP contribution in [-0.2, 0) is 32.9 Å². The first-order valence-corrected chi connectivity index (χ1v) is 19.2. The number of benzene rings is 3. The van der Waals surface area contributed by atoms with Crippen molar-refractivity contribution in [2.75, 3.05) is 13.2 Å². The standard InChI is InChI=1S/C36H43NO11Si/c1-23(2)36(3,4)49(5,6)48-35-32(46-33(39)24-13-9-7-10-14-24)31(45-29(38)22-42-27-19-17-26(18-20-27)37(40)41)30-28(44-35)21-43-34(47-30)25-15-11-8-12-16-25/h7-20,23,28,30-32,34-35H,21-22H2,1-6H3/t28-,30+,31+,32-,34+,35+/m1/s1. The number of fused-ring (bicyclic) bond motifs is 1. The van der Waals surface area contributed by atoms with Crippen LogP contribution in [0.25, 0.3) is 0 Å². The van der Waals surface area contributed by atoms with Gasteiger partial charge in [0.25, 0.3) is 5.69 Å². The summed E-state index contributed by atoms with van der Waals surface area (Å²) in [7, 11) is -2.63. The molecule has 2 fully saturated rings. The smallest absolute Gasteiger partial charge is 0.344 e. The summed E-state index contributed by atoms with van der Waals surface area (Å²) in [4.78, 5) is 37.6. The lowest BCUT2D eigenvalue weighted by Crippen LogP contribution is -2.66. The van der Waals surface area contributed by atoms with Crippen molar-refractivity contribution >= 4 is 25.9 Å². The summed E-state index contributed by atoms with van der Waals surface area (Å²) in [5.74, 6) is -0.947. The first-order valence-electron chi connectivity index (χ1n) is 16.2. The molecule has 2 aliphatic rings. The van der Waals surface area contributed by atoms with E-state index in [9.17, 15) is 19.7 Å². The minimum Gasteiger partial charge on any atom is -0.482 e. The second-order valence-corrected chi connectivity index (χ2v) is 18.0. The van der Waals surface area contributed by atoms with Crippen LogP contribution in [0.1, 0.15) is 49.9 Å². The molecule has 0 aliphatic carbocycles. The first-order chi connectivity index (χ1) is 23.3. The number of hydrogen-bond donors (Lipinski definition) is 0. The molecule has 6 atom stereocenters. The van der Waals surface area contributed by atoms with Crippen molar-refractivity contribution < 1.29 is 47.4 Å². The normalized spacial score (nSPS) is 24.1. The lowest BCUT2D eigenvalue weighted by atomic mass is 9.97. The van der Waals surface area contributed by atoms with Gasteiger partial charge in [-0.1, -0.05) is 76.2 Å². The molecule has 0 amide bonds. The maximum atomic E-state index is 13.6. The quantitative estimate of drug-likeness (QED) is 0.0876. The fourth-order valence-electron chi connectivity index (χ4n) is 5.58. The Morgan fingerprint density at radius 3 is 2.16 bits per heavy atom. The van der Waals surface area contributed by atoms with E-state index < -0.39 is 68.8 Å². The zero-order valence-electron chi connectivity index (χ0n) is 28.5. The van der Waals surface area contributed by atoms with Crippen molar-refractivity contribution in [3.8, 4) is 5.75 Å². The molecule has 3 aromatic rings. The summed E-state index contributed by atoms with van der Waals surface area (Å²) >= 11 is 0. The number of nitro groups is 1. The fourth-order valence-corrected chi connectivity index (χ4v) is 8.04. The van der Waals surface area contributed by atoms with Gasteiger partial charge in [-0.15, -0.1) is 0 Å². The molecule has 49 heavy (non-hydrogen) atoms. The third-order valence-electron chi connectivity index (χ3n) is 9.69. The topological polar surface area (TPSA) is 142 Å². The Kier molecular flexibility index (Phi) is 11.2. The van der Waals surface area contributed by atoms with Crippen molar-refractivity contribution in [1.29, 1.82) is 0 Å². The zero-order chi connectivity index (χ0) is 35.3. The summed E-state index contributed by atoms with van der Waals surface area (Å²) in [5, 5.41) is 10.8. The van der Waals surface area contributed by atoms with Gasteiger partial charge in [0.05, 0.1) is 17.1 Å². The van der Waals surface area contributed by atoms with Crippen LogP contribution in [0.3, 0.4) is 0 Å². The van der Waals surface area contributed by atoms with Gasteiger partial charge in [-0.25, -0.2) is 9.59 Å². The molecule has 2 aliphatic heterocycles. The van der Waals surface area contributed by atoms with Crippen LogP contribution in [0, 0.1) is 16.0 Å². The second kappa shape index (κ2) is 15.2. The molecule has 2 heterocycles. The van der Waals surface area contributed by atoms with Gasteiger partial charge >= 0.3 is 11.9 Å². The number of carbonyl (C=O) groups excluding carboxylic acids is 2. The minimum atomic E-state index is -2.63. The monoisotopic (exact) mass is 693 g/mol. The molecular formula is C36H43NO11Si. The van der Waals surface area contributed by atoms with Crippen LogP contribution in [0.2, 0.25) is 18.1 Å². The summed E-state index contributed by atoms with van der Waals surface area (Å²) in [6, 6.07) is 23.1. The van der Waals surface area contributed by atoms with Crippen LogP contribution >= 0.6 is 0 Å². The Balaban J connectivity index is 1.47. The Morgan fingerprint density at radius 1 is 0.918 bits per heavy atom. The highest BCUT2D eigenvalue weighted by molar-refractivity contribution is 6.74. The van der Waals surface area contributed by atoms with Crippen molar-refractivity contribution in [3.05, 3.63) is 106 Å². The average Bonchev–Trinajstić information content (AvgIpc) is 3.09. The number of non-ortho nitro benzene ring substituents is 1. The molecule has 12 nitrogen and oxygen atoms in total. The maximum absolute atomic E-state index is 13.6. The molecule has 0 saturated carbocycles. The van der Waals surface area contributed by atoms with Gasteiger partial charge in [-0.2, -0.15) is 0 Å². The van der Waals surface area contributed by atoms with E-state index in [4.69, 9.17) is 32.8 Å². The predicted octanol–water partition coefficient (Wildman–Crippen LogP) is 6.61. The molecule has 262 valence electrons. The number of nitrogens with zero attached hydrogens (tertiary/aromatic N) is 1. The molecule has 13 heteroatoms. The van der Waals surface area contributed by atoms with Gasteiger partial charge in [0.15, 0.2) is 39.7 Å². The van der Waals surface area contributed by atoms with Crippen molar-refractivity contribution in [2.24, 2.45) is 5.92 Å². The minimum absolute atomic E-state index is 0.0896. The summed E-state index contributed by atoms with van der Waals surface area (Å²) in [5.41, 5.74) is 0.925. The highest BCUT2D eigenvalue weighted by Crippen LogP contribution is 2.47. The molecule has 2 saturated heterocycles. The van der Waals surface area contributed by atoms with E-state index >= 15 is 0 Å². The van der Waals surface area contributed by atoms with Crippen molar-refractivity contribution in [2.45, 2.75) is 82.8 Å². The van der Waals surface area contributed by atoms with Gasteiger partial charge in [-0.05, 0) is 48.3 Å². The van der Waals surface area contributed by atoms with Crippen LogP contribution in [0.15, 0.2) is 84.9 Å². The van der Waals surface area contributed by atoms with Crippen molar-refractivity contribution in [3.63, 3.8) is 0 Å². The van der Waals surface area contributed by atoms with E-state index in [1.54, 1.807) is 30.3 Å². The maximum Gasteiger partial charge on any atom is 0.344 e. The van der Waals surface area contributed by atoms with E-state index in [1.165, 1.54) is 24.3 Å². The second-order valence-electron chi connectivity index (χ2n) is 13.5. The first kappa shape index (κ1) is 36.1. The van der Waals surface area contributed by atoms with Gasteiger partial charge < -0.3 is 32.8 Å². The SMILES string of the molecule is CC(C)C(C)(C)[Si](C)(C)O[C@@H]1O[C@@H]2CO[C@H](c3ccccc3)O[C@@H]2[C@H](OC(=O)COc2ccc([N+](=O)[O-])cc2)[C@H]1OC(=O)c1ccccc1. The number of hydrogen-bond acceptors (Lipinski definition) is 11. The number of ether oxygens (including phenoxy) is 6. The summed E-state index contributed by atoms with van der Waals surface area (Å²) < 4.78 is 43.7. The number of esters is 2. The molecule has 0 bridgehead atoms. The third-order valence-corrected chi connectivity index (χ3v) is 14.2. The molecular weight excluding hydrogens is 650 g/mol. The van der Waals surface area contributed by atoms with Crippen LogP contribution in [0.4, 0.5) is 5.69 Å².